The number of anilines is 1. The molecule has 0 aliphatic carbocycles. The Balaban J connectivity index is 1.93. The third-order valence-corrected chi connectivity index (χ3v) is 5.00. The summed E-state index contributed by atoms with van der Waals surface area (Å²) in [6, 6.07) is 13.8. The van der Waals surface area contributed by atoms with E-state index in [1.165, 1.54) is 6.20 Å². The zero-order valence-corrected chi connectivity index (χ0v) is 16.7. The number of nitrogens with zero attached hydrogens (tertiary/aromatic N) is 2. The standard InChI is InChI=1S/C19H16BrN3O3S/c1-11(12-6-8-14(20)9-7-12)22-19(26)23(27)17-15-5-3-2-4-13(15)10-21-16(17)18(24)25/h2-11,27H,1H3,(H,22,26)(H,24,25)/t11-/m0/s1. The highest BCUT2D eigenvalue weighted by molar-refractivity contribution is 9.10. The molecule has 0 aliphatic rings. The molecule has 1 atom stereocenters. The van der Waals surface area contributed by atoms with Crippen LogP contribution in [0, 0.1) is 0 Å². The lowest BCUT2D eigenvalue weighted by Crippen LogP contribution is -2.36. The molecule has 2 amide bonds. The average Bonchev–Trinajstić information content (AvgIpc) is 2.66. The number of hydrogen-bond donors (Lipinski definition) is 3. The number of carbonyl (C=O) groups is 2. The van der Waals surface area contributed by atoms with Crippen molar-refractivity contribution in [1.29, 1.82) is 0 Å². The van der Waals surface area contributed by atoms with Gasteiger partial charge in [0.15, 0.2) is 5.69 Å². The van der Waals surface area contributed by atoms with Gasteiger partial charge in [0.25, 0.3) is 0 Å². The lowest BCUT2D eigenvalue weighted by Gasteiger charge is -2.22. The summed E-state index contributed by atoms with van der Waals surface area (Å²) in [5, 5.41) is 13.6. The quantitative estimate of drug-likeness (QED) is 0.502. The van der Waals surface area contributed by atoms with Gasteiger partial charge in [-0.2, -0.15) is 0 Å². The zero-order valence-electron chi connectivity index (χ0n) is 14.3. The van der Waals surface area contributed by atoms with Crippen molar-refractivity contribution < 1.29 is 14.7 Å². The van der Waals surface area contributed by atoms with Crippen molar-refractivity contribution in [2.24, 2.45) is 0 Å². The van der Waals surface area contributed by atoms with Crippen LogP contribution in [0.3, 0.4) is 0 Å². The van der Waals surface area contributed by atoms with E-state index < -0.39 is 12.0 Å². The van der Waals surface area contributed by atoms with Crippen LogP contribution in [-0.2, 0) is 0 Å². The molecule has 0 fully saturated rings. The second kappa shape index (κ2) is 7.98. The Bertz CT molecular complexity index is 1010. The molecule has 0 radical (unpaired) electrons. The molecule has 3 rings (SSSR count). The van der Waals surface area contributed by atoms with Gasteiger partial charge in [0, 0.05) is 21.4 Å². The maximum absolute atomic E-state index is 12.7. The summed E-state index contributed by atoms with van der Waals surface area (Å²) in [5.74, 6) is -1.23. The first-order valence-electron chi connectivity index (χ1n) is 8.04. The highest BCUT2D eigenvalue weighted by Gasteiger charge is 2.24. The minimum Gasteiger partial charge on any atom is -0.476 e. The van der Waals surface area contributed by atoms with Gasteiger partial charge < -0.3 is 10.4 Å². The molecule has 0 unspecified atom stereocenters. The van der Waals surface area contributed by atoms with Gasteiger partial charge >= 0.3 is 12.0 Å². The SMILES string of the molecule is C[C@H](NC(=O)N(S)c1c(C(=O)O)ncc2ccccc12)c1ccc(Br)cc1. The van der Waals surface area contributed by atoms with Crippen molar-refractivity contribution >= 4 is 57.2 Å². The van der Waals surface area contributed by atoms with E-state index in [0.717, 1.165) is 14.3 Å². The molecule has 2 aromatic carbocycles. The molecule has 0 bridgehead atoms. The fourth-order valence-corrected chi connectivity index (χ4v) is 3.23. The third-order valence-electron chi connectivity index (χ3n) is 4.09. The van der Waals surface area contributed by atoms with Crippen LogP contribution in [0.4, 0.5) is 10.5 Å². The van der Waals surface area contributed by atoms with Gasteiger partial charge in [-0.25, -0.2) is 18.9 Å². The van der Waals surface area contributed by atoms with E-state index in [1.54, 1.807) is 18.2 Å². The predicted molar refractivity (Wildman–Crippen MR) is 111 cm³/mol. The van der Waals surface area contributed by atoms with Crippen LogP contribution in [0.1, 0.15) is 29.0 Å². The van der Waals surface area contributed by atoms with Crippen molar-refractivity contribution in [3.8, 4) is 0 Å². The summed E-state index contributed by atoms with van der Waals surface area (Å²) >= 11 is 7.64. The molecule has 8 heteroatoms. The van der Waals surface area contributed by atoms with Crippen LogP contribution < -0.4 is 9.62 Å². The van der Waals surface area contributed by atoms with Crippen molar-refractivity contribution in [2.75, 3.05) is 4.31 Å². The molecular weight excluding hydrogens is 430 g/mol. The average molecular weight is 446 g/mol. The zero-order chi connectivity index (χ0) is 19.6. The lowest BCUT2D eigenvalue weighted by molar-refractivity contribution is 0.0692. The summed E-state index contributed by atoms with van der Waals surface area (Å²) in [6.07, 6.45) is 1.46. The first-order valence-corrected chi connectivity index (χ1v) is 9.23. The molecule has 2 N–H and O–H groups in total. The highest BCUT2D eigenvalue weighted by atomic mass is 79.9. The lowest BCUT2D eigenvalue weighted by atomic mass is 10.1. The molecule has 138 valence electrons. The van der Waals surface area contributed by atoms with Crippen LogP contribution in [0.15, 0.2) is 59.2 Å². The van der Waals surface area contributed by atoms with E-state index in [9.17, 15) is 14.7 Å². The van der Waals surface area contributed by atoms with Crippen molar-refractivity contribution in [2.45, 2.75) is 13.0 Å². The Kier molecular flexibility index (Phi) is 5.67. The third kappa shape index (κ3) is 4.06. The van der Waals surface area contributed by atoms with E-state index >= 15 is 0 Å². The highest BCUT2D eigenvalue weighted by Crippen LogP contribution is 2.31. The number of benzene rings is 2. The van der Waals surface area contributed by atoms with Crippen LogP contribution in [0.25, 0.3) is 10.8 Å². The van der Waals surface area contributed by atoms with Crippen LogP contribution in [-0.4, -0.2) is 22.1 Å². The first-order chi connectivity index (χ1) is 12.9. The van der Waals surface area contributed by atoms with E-state index in [2.05, 4.69) is 39.0 Å². The van der Waals surface area contributed by atoms with Gasteiger partial charge in [-0.3, -0.25) is 0 Å². The Morgan fingerprint density at radius 3 is 2.52 bits per heavy atom. The largest absolute Gasteiger partial charge is 0.476 e. The molecular formula is C19H16BrN3O3S. The number of carboxylic acid groups (broad SMARTS) is 1. The molecule has 1 heterocycles. The summed E-state index contributed by atoms with van der Waals surface area (Å²) in [7, 11) is 0. The molecule has 6 nitrogen and oxygen atoms in total. The van der Waals surface area contributed by atoms with Crippen molar-refractivity contribution in [3.63, 3.8) is 0 Å². The van der Waals surface area contributed by atoms with Gasteiger partial charge in [-0.1, -0.05) is 65.1 Å². The monoisotopic (exact) mass is 445 g/mol. The van der Waals surface area contributed by atoms with E-state index in [1.807, 2.05) is 37.3 Å². The first kappa shape index (κ1) is 19.2. The summed E-state index contributed by atoms with van der Waals surface area (Å²) in [6.45, 7) is 1.84. The number of hydrogen-bond acceptors (Lipinski definition) is 4. The second-order valence-corrected chi connectivity index (χ2v) is 7.20. The molecule has 0 saturated heterocycles. The Labute approximate surface area is 169 Å². The Morgan fingerprint density at radius 1 is 1.19 bits per heavy atom. The van der Waals surface area contributed by atoms with Gasteiger partial charge in [-0.15, -0.1) is 0 Å². The normalized spacial score (nSPS) is 11.8. The second-order valence-electron chi connectivity index (χ2n) is 5.88. The smallest absolute Gasteiger partial charge is 0.356 e. The minimum absolute atomic E-state index is 0.129. The number of thiol groups is 1. The topological polar surface area (TPSA) is 82.5 Å². The number of halogens is 1. The Morgan fingerprint density at radius 2 is 1.85 bits per heavy atom. The predicted octanol–water partition coefficient (Wildman–Crippen LogP) is 4.82. The summed E-state index contributed by atoms with van der Waals surface area (Å²) in [5.41, 5.74) is 0.794. The number of carboxylic acids is 1. The fourth-order valence-electron chi connectivity index (χ4n) is 2.70. The van der Waals surface area contributed by atoms with Gasteiger partial charge in [0.05, 0.1) is 11.7 Å². The molecule has 1 aromatic heterocycles. The molecule has 27 heavy (non-hydrogen) atoms. The molecule has 0 saturated carbocycles. The van der Waals surface area contributed by atoms with Gasteiger partial charge in [0.1, 0.15) is 0 Å². The number of aromatic nitrogens is 1. The van der Waals surface area contributed by atoms with E-state index in [-0.39, 0.29) is 17.4 Å². The number of rotatable bonds is 4. The molecule has 0 spiro atoms. The number of amides is 2. The van der Waals surface area contributed by atoms with Crippen LogP contribution >= 0.6 is 28.7 Å². The van der Waals surface area contributed by atoms with Gasteiger partial charge in [-0.05, 0) is 24.6 Å². The minimum atomic E-state index is -1.23. The number of urea groups is 1. The van der Waals surface area contributed by atoms with E-state index in [0.29, 0.717) is 10.8 Å². The fraction of sp³-hybridized carbons (Fsp3) is 0.105. The Hall–Kier alpha value is -2.58. The van der Waals surface area contributed by atoms with E-state index in [4.69, 9.17) is 0 Å². The van der Waals surface area contributed by atoms with Crippen molar-refractivity contribution in [3.05, 3.63) is 70.5 Å². The maximum Gasteiger partial charge on any atom is 0.356 e. The van der Waals surface area contributed by atoms with Crippen LogP contribution in [0.5, 0.6) is 0 Å². The number of pyridine rings is 1. The number of carbonyl (C=O) groups excluding carboxylic acids is 1. The molecule has 0 aliphatic heterocycles. The number of aromatic carboxylic acids is 1. The van der Waals surface area contributed by atoms with Crippen molar-refractivity contribution in [1.82, 2.24) is 10.3 Å². The summed E-state index contributed by atoms with van der Waals surface area (Å²) < 4.78 is 1.93. The maximum atomic E-state index is 12.7. The summed E-state index contributed by atoms with van der Waals surface area (Å²) in [4.78, 5) is 28.3. The van der Waals surface area contributed by atoms with Crippen LogP contribution in [0.2, 0.25) is 0 Å². The number of fused-ring (bicyclic) bond motifs is 1. The van der Waals surface area contributed by atoms with Gasteiger partial charge in [0.2, 0.25) is 0 Å². The molecule has 3 aromatic rings. The number of nitrogens with one attached hydrogen (secondary N) is 1.